The lowest BCUT2D eigenvalue weighted by molar-refractivity contribution is -0.142. The number of carbonyl (C=O) groups is 2. The molecule has 0 radical (unpaired) electrons. The molecule has 1 aliphatic rings. The number of rotatable bonds is 10. The van der Waals surface area contributed by atoms with E-state index in [4.69, 9.17) is 0 Å². The number of benzene rings is 4. The number of carboxylic acids is 1. The van der Waals surface area contributed by atoms with Crippen molar-refractivity contribution in [3.05, 3.63) is 114 Å². The number of aliphatic carboxylic acids is 1. The zero-order valence-electron chi connectivity index (χ0n) is 24.4. The highest BCUT2D eigenvalue weighted by molar-refractivity contribution is 5.88. The van der Waals surface area contributed by atoms with E-state index < -0.39 is 17.9 Å². The standard InChI is InChI=1S/C36H40N2O4/c1-25-23-38(19-18-36(25,2)30-15-9-16-31(39)22-30)24-29(20-26-10-4-3-5-11-26)34(40)37-33(35(41)42)21-28-14-8-13-27-12-6-7-17-32(27)28/h3-17,22,25,29,33,39H,18-21,23-24H2,1-2H3,(H,37,40)(H,41,42). The average Bonchev–Trinajstić information content (AvgIpc) is 2.99. The fourth-order valence-electron chi connectivity index (χ4n) is 6.40. The predicted molar refractivity (Wildman–Crippen MR) is 167 cm³/mol. The van der Waals surface area contributed by atoms with Crippen LogP contribution in [0.15, 0.2) is 97.1 Å². The number of carboxylic acid groups (broad SMARTS) is 1. The summed E-state index contributed by atoms with van der Waals surface area (Å²) in [6.07, 6.45) is 1.64. The number of carbonyl (C=O) groups excluding carboxylic acids is 1. The Morgan fingerprint density at radius 2 is 1.67 bits per heavy atom. The molecule has 1 fully saturated rings. The molecule has 0 saturated carbocycles. The predicted octanol–water partition coefficient (Wildman–Crippen LogP) is 5.82. The van der Waals surface area contributed by atoms with Crippen molar-refractivity contribution in [1.82, 2.24) is 10.2 Å². The highest BCUT2D eigenvalue weighted by Gasteiger charge is 2.39. The number of phenols is 1. The molecule has 3 N–H and O–H groups in total. The Balaban J connectivity index is 1.32. The topological polar surface area (TPSA) is 89.9 Å². The summed E-state index contributed by atoms with van der Waals surface area (Å²) in [7, 11) is 0. The Morgan fingerprint density at radius 1 is 0.952 bits per heavy atom. The molecule has 4 aromatic carbocycles. The number of piperidine rings is 1. The lowest BCUT2D eigenvalue weighted by Crippen LogP contribution is -2.52. The van der Waals surface area contributed by atoms with E-state index in [1.165, 1.54) is 0 Å². The van der Waals surface area contributed by atoms with Gasteiger partial charge in [0.05, 0.1) is 5.92 Å². The van der Waals surface area contributed by atoms with E-state index in [0.29, 0.717) is 18.9 Å². The van der Waals surface area contributed by atoms with Crippen LogP contribution in [-0.4, -0.2) is 52.7 Å². The molecule has 42 heavy (non-hydrogen) atoms. The molecular formula is C36H40N2O4. The fourth-order valence-corrected chi connectivity index (χ4v) is 6.40. The Labute approximate surface area is 248 Å². The van der Waals surface area contributed by atoms with E-state index >= 15 is 0 Å². The first-order valence-electron chi connectivity index (χ1n) is 14.8. The van der Waals surface area contributed by atoms with Crippen molar-refractivity contribution in [2.45, 2.75) is 44.6 Å². The van der Waals surface area contributed by atoms with Crippen molar-refractivity contribution < 1.29 is 19.8 Å². The lowest BCUT2D eigenvalue weighted by Gasteiger charge is -2.45. The zero-order valence-corrected chi connectivity index (χ0v) is 24.4. The lowest BCUT2D eigenvalue weighted by atomic mass is 9.68. The van der Waals surface area contributed by atoms with Crippen LogP contribution in [0.25, 0.3) is 10.8 Å². The van der Waals surface area contributed by atoms with Crippen LogP contribution in [0.3, 0.4) is 0 Å². The number of hydrogen-bond acceptors (Lipinski definition) is 4. The fraction of sp³-hybridized carbons (Fsp3) is 0.333. The molecule has 6 nitrogen and oxygen atoms in total. The molecule has 1 amide bonds. The number of fused-ring (bicyclic) bond motifs is 1. The second kappa shape index (κ2) is 12.8. The SMILES string of the molecule is CC1CN(CC(Cc2ccccc2)C(=O)NC(Cc2cccc3ccccc23)C(=O)O)CCC1(C)c1cccc(O)c1. The van der Waals surface area contributed by atoms with Gasteiger partial charge < -0.3 is 20.4 Å². The van der Waals surface area contributed by atoms with Crippen LogP contribution in [0.4, 0.5) is 0 Å². The molecule has 0 bridgehead atoms. The van der Waals surface area contributed by atoms with Gasteiger partial charge in [-0.3, -0.25) is 4.79 Å². The van der Waals surface area contributed by atoms with Crippen molar-refractivity contribution >= 4 is 22.6 Å². The third-order valence-electron chi connectivity index (χ3n) is 9.17. The van der Waals surface area contributed by atoms with Gasteiger partial charge in [-0.1, -0.05) is 98.8 Å². The maximum atomic E-state index is 13.8. The van der Waals surface area contributed by atoms with Crippen LogP contribution in [0, 0.1) is 11.8 Å². The van der Waals surface area contributed by atoms with Gasteiger partial charge in [0.2, 0.25) is 5.91 Å². The highest BCUT2D eigenvalue weighted by Crippen LogP contribution is 2.40. The molecule has 1 aliphatic heterocycles. The maximum Gasteiger partial charge on any atom is 0.326 e. The van der Waals surface area contributed by atoms with E-state index in [2.05, 4.69) is 30.1 Å². The Kier molecular flexibility index (Phi) is 8.93. The quantitative estimate of drug-likeness (QED) is 0.226. The van der Waals surface area contributed by atoms with Crippen LogP contribution < -0.4 is 5.32 Å². The van der Waals surface area contributed by atoms with E-state index in [0.717, 1.165) is 47.0 Å². The van der Waals surface area contributed by atoms with Gasteiger partial charge in [-0.05, 0) is 70.3 Å². The van der Waals surface area contributed by atoms with Gasteiger partial charge in [-0.2, -0.15) is 0 Å². The molecular weight excluding hydrogens is 524 g/mol. The van der Waals surface area contributed by atoms with Gasteiger partial charge in [0, 0.05) is 19.5 Å². The largest absolute Gasteiger partial charge is 0.508 e. The summed E-state index contributed by atoms with van der Waals surface area (Å²) in [6.45, 7) is 6.65. The number of aromatic hydroxyl groups is 1. The van der Waals surface area contributed by atoms with Crippen molar-refractivity contribution in [3.63, 3.8) is 0 Å². The highest BCUT2D eigenvalue weighted by atomic mass is 16.4. The summed E-state index contributed by atoms with van der Waals surface area (Å²) in [5, 5.41) is 25.2. The number of likely N-dealkylation sites (tertiary alicyclic amines) is 1. The van der Waals surface area contributed by atoms with Crippen LogP contribution in [0.5, 0.6) is 5.75 Å². The normalized spacial score (nSPS) is 20.6. The Bertz CT molecular complexity index is 1530. The van der Waals surface area contributed by atoms with Crippen molar-refractivity contribution in [2.24, 2.45) is 11.8 Å². The number of hydrogen-bond donors (Lipinski definition) is 3. The molecule has 4 unspecified atom stereocenters. The first kappa shape index (κ1) is 29.3. The molecule has 0 spiro atoms. The summed E-state index contributed by atoms with van der Waals surface area (Å²) in [5.74, 6) is -1.10. The second-order valence-electron chi connectivity index (χ2n) is 12.0. The van der Waals surface area contributed by atoms with Gasteiger partial charge in [0.25, 0.3) is 0 Å². The minimum Gasteiger partial charge on any atom is -0.508 e. The maximum absolute atomic E-state index is 13.8. The minimum absolute atomic E-state index is 0.0840. The number of amides is 1. The molecule has 1 heterocycles. The number of nitrogens with zero attached hydrogens (tertiary/aromatic N) is 1. The molecule has 4 atom stereocenters. The molecule has 218 valence electrons. The van der Waals surface area contributed by atoms with Gasteiger partial charge >= 0.3 is 5.97 Å². The van der Waals surface area contributed by atoms with Gasteiger partial charge in [-0.15, -0.1) is 0 Å². The first-order valence-corrected chi connectivity index (χ1v) is 14.8. The minimum atomic E-state index is -1.04. The van der Waals surface area contributed by atoms with E-state index in [-0.39, 0.29) is 23.5 Å². The molecule has 4 aromatic rings. The van der Waals surface area contributed by atoms with Crippen LogP contribution >= 0.6 is 0 Å². The molecule has 5 rings (SSSR count). The van der Waals surface area contributed by atoms with E-state index in [1.807, 2.05) is 84.9 Å². The summed E-state index contributed by atoms with van der Waals surface area (Å²) in [5.41, 5.74) is 3.00. The van der Waals surface area contributed by atoms with Gasteiger partial charge in [0.1, 0.15) is 11.8 Å². The van der Waals surface area contributed by atoms with Gasteiger partial charge in [0.15, 0.2) is 0 Å². The third-order valence-corrected chi connectivity index (χ3v) is 9.17. The van der Waals surface area contributed by atoms with E-state index in [9.17, 15) is 19.8 Å². The summed E-state index contributed by atoms with van der Waals surface area (Å²) in [4.78, 5) is 28.5. The first-order chi connectivity index (χ1) is 20.2. The Morgan fingerprint density at radius 3 is 2.40 bits per heavy atom. The zero-order chi connectivity index (χ0) is 29.7. The molecule has 6 heteroatoms. The number of phenolic OH excluding ortho intramolecular Hbond substituents is 1. The Hall–Kier alpha value is -4.16. The van der Waals surface area contributed by atoms with Crippen molar-refractivity contribution in [2.75, 3.05) is 19.6 Å². The molecule has 0 aromatic heterocycles. The van der Waals surface area contributed by atoms with Crippen molar-refractivity contribution in [1.29, 1.82) is 0 Å². The number of nitrogens with one attached hydrogen (secondary N) is 1. The summed E-state index contributed by atoms with van der Waals surface area (Å²) >= 11 is 0. The molecule has 1 saturated heterocycles. The second-order valence-corrected chi connectivity index (χ2v) is 12.0. The van der Waals surface area contributed by atoms with Crippen LogP contribution in [0.1, 0.15) is 37.0 Å². The monoisotopic (exact) mass is 564 g/mol. The van der Waals surface area contributed by atoms with Gasteiger partial charge in [-0.25, -0.2) is 4.79 Å². The molecule has 0 aliphatic carbocycles. The smallest absolute Gasteiger partial charge is 0.326 e. The average molecular weight is 565 g/mol. The summed E-state index contributed by atoms with van der Waals surface area (Å²) in [6, 6.07) is 30.2. The van der Waals surface area contributed by atoms with E-state index in [1.54, 1.807) is 6.07 Å². The van der Waals surface area contributed by atoms with Crippen LogP contribution in [-0.2, 0) is 27.8 Å². The van der Waals surface area contributed by atoms with Crippen LogP contribution in [0.2, 0.25) is 0 Å². The third kappa shape index (κ3) is 6.66. The summed E-state index contributed by atoms with van der Waals surface area (Å²) < 4.78 is 0. The van der Waals surface area contributed by atoms with Crippen molar-refractivity contribution in [3.8, 4) is 5.75 Å².